The summed E-state index contributed by atoms with van der Waals surface area (Å²) in [7, 11) is 1.39. The summed E-state index contributed by atoms with van der Waals surface area (Å²) >= 11 is 0. The molecule has 1 heterocycles. The van der Waals surface area contributed by atoms with Crippen LogP contribution in [0.1, 0.15) is 41.9 Å². The zero-order valence-electron chi connectivity index (χ0n) is 8.88. The van der Waals surface area contributed by atoms with E-state index >= 15 is 0 Å². The fourth-order valence-corrected chi connectivity index (χ4v) is 1.89. The van der Waals surface area contributed by atoms with E-state index in [1.807, 2.05) is 6.07 Å². The third-order valence-corrected chi connectivity index (χ3v) is 2.73. The van der Waals surface area contributed by atoms with Crippen LogP contribution in [-0.4, -0.2) is 18.1 Å². The van der Waals surface area contributed by atoms with Crippen molar-refractivity contribution < 1.29 is 9.53 Å². The van der Waals surface area contributed by atoms with Crippen LogP contribution in [0.5, 0.6) is 0 Å². The number of carbonyl (C=O) groups excluding carboxylic acids is 1. The van der Waals surface area contributed by atoms with Crippen molar-refractivity contribution in [3.63, 3.8) is 0 Å². The Kier molecular flexibility index (Phi) is 2.90. The third-order valence-electron chi connectivity index (χ3n) is 2.73. The molecular weight excluding hydrogens is 190 g/mol. The molecule has 0 atom stereocenters. The van der Waals surface area contributed by atoms with Gasteiger partial charge in [-0.25, -0.2) is 4.79 Å². The van der Waals surface area contributed by atoms with E-state index in [-0.39, 0.29) is 5.97 Å². The molecular formula is C12H15NO2. The van der Waals surface area contributed by atoms with Crippen LogP contribution in [0.25, 0.3) is 5.57 Å². The third kappa shape index (κ3) is 2.12. The highest BCUT2D eigenvalue weighted by molar-refractivity contribution is 5.88. The average molecular weight is 205 g/mol. The molecule has 1 aliphatic carbocycles. The first-order chi connectivity index (χ1) is 7.31. The van der Waals surface area contributed by atoms with Crippen molar-refractivity contribution in [3.8, 4) is 0 Å². The summed E-state index contributed by atoms with van der Waals surface area (Å²) in [5.41, 5.74) is 2.89. The number of nitrogens with one attached hydrogen (secondary N) is 1. The fraction of sp³-hybridized carbons (Fsp3) is 0.417. The van der Waals surface area contributed by atoms with Crippen LogP contribution in [0.3, 0.4) is 0 Å². The molecule has 0 amide bonds. The number of ether oxygens (including phenoxy) is 1. The highest BCUT2D eigenvalue weighted by Gasteiger charge is 2.11. The number of esters is 1. The Hall–Kier alpha value is -1.51. The SMILES string of the molecule is COC(=O)c1ccc(C2=CCCCC2)[nH]1. The minimum absolute atomic E-state index is 0.308. The van der Waals surface area contributed by atoms with Gasteiger partial charge in [0.15, 0.2) is 0 Å². The number of H-pyrrole nitrogens is 1. The van der Waals surface area contributed by atoms with E-state index in [0.29, 0.717) is 5.69 Å². The topological polar surface area (TPSA) is 42.1 Å². The molecule has 2 rings (SSSR count). The summed E-state index contributed by atoms with van der Waals surface area (Å²) in [6.07, 6.45) is 6.99. The molecule has 15 heavy (non-hydrogen) atoms. The highest BCUT2D eigenvalue weighted by atomic mass is 16.5. The number of allylic oxidation sites excluding steroid dienone is 2. The molecule has 0 bridgehead atoms. The van der Waals surface area contributed by atoms with Crippen molar-refractivity contribution in [2.75, 3.05) is 7.11 Å². The van der Waals surface area contributed by atoms with Gasteiger partial charge in [0.25, 0.3) is 0 Å². The minimum Gasteiger partial charge on any atom is -0.464 e. The van der Waals surface area contributed by atoms with Crippen LogP contribution >= 0.6 is 0 Å². The lowest BCUT2D eigenvalue weighted by Gasteiger charge is -2.10. The average Bonchev–Trinajstić information content (AvgIpc) is 2.78. The molecule has 0 radical (unpaired) electrons. The monoisotopic (exact) mass is 205 g/mol. The van der Waals surface area contributed by atoms with Crippen LogP contribution in [0, 0.1) is 0 Å². The summed E-state index contributed by atoms with van der Waals surface area (Å²) in [4.78, 5) is 14.3. The zero-order valence-corrected chi connectivity index (χ0v) is 8.88. The number of carbonyl (C=O) groups is 1. The predicted octanol–water partition coefficient (Wildman–Crippen LogP) is 2.76. The molecule has 0 saturated carbocycles. The number of methoxy groups -OCH3 is 1. The standard InChI is InChI=1S/C12H15NO2/c1-15-12(14)11-8-7-10(13-11)9-5-3-2-4-6-9/h5,7-8,13H,2-4,6H2,1H3. The Morgan fingerprint density at radius 3 is 2.93 bits per heavy atom. The number of hydrogen-bond donors (Lipinski definition) is 1. The van der Waals surface area contributed by atoms with Crippen molar-refractivity contribution in [2.45, 2.75) is 25.7 Å². The molecule has 80 valence electrons. The van der Waals surface area contributed by atoms with Gasteiger partial charge in [-0.1, -0.05) is 6.08 Å². The van der Waals surface area contributed by atoms with Gasteiger partial charge in [0.1, 0.15) is 5.69 Å². The Labute approximate surface area is 89.1 Å². The Morgan fingerprint density at radius 1 is 1.40 bits per heavy atom. The lowest BCUT2D eigenvalue weighted by molar-refractivity contribution is 0.0595. The van der Waals surface area contributed by atoms with Gasteiger partial charge >= 0.3 is 5.97 Å². The number of aromatic nitrogens is 1. The molecule has 3 heteroatoms. The van der Waals surface area contributed by atoms with Crippen molar-refractivity contribution in [1.29, 1.82) is 0 Å². The first-order valence-electron chi connectivity index (χ1n) is 5.28. The number of aromatic amines is 1. The van der Waals surface area contributed by atoms with Gasteiger partial charge in [0, 0.05) is 5.69 Å². The van der Waals surface area contributed by atoms with Crippen molar-refractivity contribution in [3.05, 3.63) is 29.6 Å². The van der Waals surface area contributed by atoms with E-state index in [2.05, 4.69) is 15.8 Å². The van der Waals surface area contributed by atoms with Crippen molar-refractivity contribution in [1.82, 2.24) is 4.98 Å². The molecule has 0 fully saturated rings. The van der Waals surface area contributed by atoms with E-state index in [1.54, 1.807) is 6.07 Å². The van der Waals surface area contributed by atoms with Crippen molar-refractivity contribution in [2.24, 2.45) is 0 Å². The molecule has 1 N–H and O–H groups in total. The van der Waals surface area contributed by atoms with Gasteiger partial charge in [-0.3, -0.25) is 0 Å². The van der Waals surface area contributed by atoms with Crippen LogP contribution in [0.4, 0.5) is 0 Å². The second-order valence-corrected chi connectivity index (χ2v) is 3.75. The molecule has 1 aromatic rings. The maximum atomic E-state index is 11.2. The molecule has 1 aromatic heterocycles. The van der Waals surface area contributed by atoms with Gasteiger partial charge in [-0.05, 0) is 43.4 Å². The van der Waals surface area contributed by atoms with E-state index in [1.165, 1.54) is 25.5 Å². The quantitative estimate of drug-likeness (QED) is 0.754. The first-order valence-corrected chi connectivity index (χ1v) is 5.28. The van der Waals surface area contributed by atoms with Crippen molar-refractivity contribution >= 4 is 11.5 Å². The Bertz CT molecular complexity index is 390. The molecule has 0 unspecified atom stereocenters. The maximum Gasteiger partial charge on any atom is 0.354 e. The fourth-order valence-electron chi connectivity index (χ4n) is 1.89. The lowest BCUT2D eigenvalue weighted by Crippen LogP contribution is -2.01. The van der Waals surface area contributed by atoms with Gasteiger partial charge in [-0.15, -0.1) is 0 Å². The van der Waals surface area contributed by atoms with E-state index in [9.17, 15) is 4.79 Å². The molecule has 0 aliphatic heterocycles. The molecule has 0 spiro atoms. The van der Waals surface area contributed by atoms with Crippen LogP contribution in [-0.2, 0) is 4.74 Å². The predicted molar refractivity (Wildman–Crippen MR) is 58.6 cm³/mol. The summed E-state index contributed by atoms with van der Waals surface area (Å²) in [5.74, 6) is -0.308. The highest BCUT2D eigenvalue weighted by Crippen LogP contribution is 2.25. The Balaban J connectivity index is 2.19. The lowest BCUT2D eigenvalue weighted by atomic mass is 9.97. The minimum atomic E-state index is -0.308. The van der Waals surface area contributed by atoms with Gasteiger partial charge in [0.05, 0.1) is 7.11 Å². The Morgan fingerprint density at radius 2 is 2.27 bits per heavy atom. The summed E-state index contributed by atoms with van der Waals surface area (Å²) in [5, 5.41) is 0. The summed E-state index contributed by atoms with van der Waals surface area (Å²) in [6.45, 7) is 0. The molecule has 3 nitrogen and oxygen atoms in total. The van der Waals surface area contributed by atoms with E-state index in [0.717, 1.165) is 18.5 Å². The van der Waals surface area contributed by atoms with Gasteiger partial charge < -0.3 is 9.72 Å². The number of rotatable bonds is 2. The normalized spacial score (nSPS) is 15.9. The molecule has 1 aliphatic rings. The van der Waals surface area contributed by atoms with E-state index in [4.69, 9.17) is 0 Å². The van der Waals surface area contributed by atoms with Crippen LogP contribution < -0.4 is 0 Å². The molecule has 0 aromatic carbocycles. The smallest absolute Gasteiger partial charge is 0.354 e. The molecule has 0 saturated heterocycles. The largest absolute Gasteiger partial charge is 0.464 e. The second kappa shape index (κ2) is 4.34. The van der Waals surface area contributed by atoms with E-state index < -0.39 is 0 Å². The summed E-state index contributed by atoms with van der Waals surface area (Å²) in [6, 6.07) is 3.72. The second-order valence-electron chi connectivity index (χ2n) is 3.75. The first kappa shape index (κ1) is 10.0. The van der Waals surface area contributed by atoms with Gasteiger partial charge in [0.2, 0.25) is 0 Å². The summed E-state index contributed by atoms with van der Waals surface area (Å²) < 4.78 is 4.65. The van der Waals surface area contributed by atoms with Crippen LogP contribution in [0.15, 0.2) is 18.2 Å². The maximum absolute atomic E-state index is 11.2. The van der Waals surface area contributed by atoms with Gasteiger partial charge in [-0.2, -0.15) is 0 Å². The number of hydrogen-bond acceptors (Lipinski definition) is 2. The van der Waals surface area contributed by atoms with Crippen LogP contribution in [0.2, 0.25) is 0 Å². The zero-order chi connectivity index (χ0) is 10.7.